The van der Waals surface area contributed by atoms with E-state index in [1.165, 1.54) is 16.7 Å². The minimum atomic E-state index is -0.285. The fraction of sp³-hybridized carbons (Fsp3) is 0.286. The number of carbonyl (C=O) groups excluding carboxylic acids is 1. The van der Waals surface area contributed by atoms with Gasteiger partial charge in [-0.05, 0) is 30.0 Å². The Labute approximate surface area is 162 Å². The van der Waals surface area contributed by atoms with Crippen molar-refractivity contribution in [2.24, 2.45) is 11.8 Å². The van der Waals surface area contributed by atoms with Crippen molar-refractivity contribution >= 4 is 23.2 Å². The van der Waals surface area contributed by atoms with Crippen molar-refractivity contribution < 1.29 is 9.53 Å². The van der Waals surface area contributed by atoms with E-state index in [1.54, 1.807) is 12.1 Å². The van der Waals surface area contributed by atoms with Crippen molar-refractivity contribution in [3.8, 4) is 0 Å². The smallest absolute Gasteiger partial charge is 0.309 e. The predicted octanol–water partition coefficient (Wildman–Crippen LogP) is 3.91. The van der Waals surface area contributed by atoms with Gasteiger partial charge in [0.15, 0.2) is 0 Å². The molecule has 0 saturated carbocycles. The van der Waals surface area contributed by atoms with Crippen LogP contribution in [0.1, 0.15) is 25.1 Å². The maximum Gasteiger partial charge on any atom is 0.309 e. The van der Waals surface area contributed by atoms with Gasteiger partial charge in [0.1, 0.15) is 12.3 Å². The first-order chi connectivity index (χ1) is 12.9. The highest BCUT2D eigenvalue weighted by Crippen LogP contribution is 2.19. The van der Waals surface area contributed by atoms with Crippen LogP contribution in [-0.4, -0.2) is 15.4 Å². The molecule has 1 atom stereocenters. The monoisotopic (exact) mass is 384 g/mol. The zero-order valence-corrected chi connectivity index (χ0v) is 16.0. The highest BCUT2D eigenvalue weighted by atomic mass is 35.5. The average molecular weight is 385 g/mol. The SMILES string of the molecule is CC(C)C(Cc1ccccc1)C(=O)OCc1cc(=O)n2cc(Cl)ccc2n1. The first kappa shape index (κ1) is 19.1. The number of halogens is 1. The number of hydrogen-bond acceptors (Lipinski definition) is 4. The third kappa shape index (κ3) is 4.74. The first-order valence-electron chi connectivity index (χ1n) is 8.82. The maximum absolute atomic E-state index is 12.6. The number of ether oxygens (including phenoxy) is 1. The summed E-state index contributed by atoms with van der Waals surface area (Å²) in [6, 6.07) is 14.5. The van der Waals surface area contributed by atoms with E-state index < -0.39 is 0 Å². The summed E-state index contributed by atoms with van der Waals surface area (Å²) in [5.74, 6) is -0.408. The van der Waals surface area contributed by atoms with Crippen molar-refractivity contribution in [1.82, 2.24) is 9.38 Å². The van der Waals surface area contributed by atoms with Crippen LogP contribution in [0.5, 0.6) is 0 Å². The predicted molar refractivity (Wildman–Crippen MR) is 105 cm³/mol. The lowest BCUT2D eigenvalue weighted by Gasteiger charge is -2.19. The molecule has 0 spiro atoms. The number of fused-ring (bicyclic) bond motifs is 1. The minimum Gasteiger partial charge on any atom is -0.459 e. The number of nitrogens with zero attached hydrogens (tertiary/aromatic N) is 2. The van der Waals surface area contributed by atoms with E-state index in [0.717, 1.165) is 5.56 Å². The quantitative estimate of drug-likeness (QED) is 0.604. The van der Waals surface area contributed by atoms with Crippen molar-refractivity contribution in [2.75, 3.05) is 0 Å². The van der Waals surface area contributed by atoms with Crippen LogP contribution in [0.4, 0.5) is 0 Å². The number of hydrogen-bond donors (Lipinski definition) is 0. The molecule has 3 aromatic rings. The van der Waals surface area contributed by atoms with E-state index in [1.807, 2.05) is 44.2 Å². The molecule has 140 valence electrons. The molecular formula is C21H21ClN2O3. The van der Waals surface area contributed by atoms with Crippen LogP contribution in [0, 0.1) is 11.8 Å². The van der Waals surface area contributed by atoms with Crippen LogP contribution >= 0.6 is 11.6 Å². The Bertz CT molecular complexity index is 999. The molecule has 3 rings (SSSR count). The number of pyridine rings is 1. The molecule has 0 aliphatic carbocycles. The van der Waals surface area contributed by atoms with Gasteiger partial charge in [-0.2, -0.15) is 0 Å². The molecule has 0 amide bonds. The Morgan fingerprint density at radius 1 is 1.19 bits per heavy atom. The summed E-state index contributed by atoms with van der Waals surface area (Å²) in [6.07, 6.45) is 2.13. The Morgan fingerprint density at radius 3 is 2.63 bits per heavy atom. The number of benzene rings is 1. The molecule has 0 aliphatic rings. The van der Waals surface area contributed by atoms with Gasteiger partial charge in [0, 0.05) is 12.3 Å². The van der Waals surface area contributed by atoms with Crippen molar-refractivity contribution in [3.05, 3.63) is 81.4 Å². The Kier molecular flexibility index (Phi) is 5.91. The standard InChI is InChI=1S/C21H21ClN2O3/c1-14(2)18(10-15-6-4-3-5-7-15)21(26)27-13-17-11-20(25)24-12-16(22)8-9-19(24)23-17/h3-9,11-12,14,18H,10,13H2,1-2H3. The van der Waals surface area contributed by atoms with E-state index in [9.17, 15) is 9.59 Å². The summed E-state index contributed by atoms with van der Waals surface area (Å²) in [7, 11) is 0. The minimum absolute atomic E-state index is 0.0365. The number of rotatable bonds is 6. The third-order valence-electron chi connectivity index (χ3n) is 4.44. The molecule has 0 fully saturated rings. The van der Waals surface area contributed by atoms with Gasteiger partial charge in [-0.1, -0.05) is 55.8 Å². The molecule has 1 aromatic carbocycles. The van der Waals surface area contributed by atoms with Crippen LogP contribution in [0.3, 0.4) is 0 Å². The second-order valence-electron chi connectivity index (χ2n) is 6.81. The van der Waals surface area contributed by atoms with E-state index >= 15 is 0 Å². The molecule has 0 bridgehead atoms. The summed E-state index contributed by atoms with van der Waals surface area (Å²) in [6.45, 7) is 3.96. The van der Waals surface area contributed by atoms with Gasteiger partial charge in [0.2, 0.25) is 0 Å². The van der Waals surface area contributed by atoms with Crippen LogP contribution in [0.15, 0.2) is 59.5 Å². The van der Waals surface area contributed by atoms with Crippen LogP contribution in [-0.2, 0) is 22.6 Å². The zero-order valence-electron chi connectivity index (χ0n) is 15.3. The molecular weight excluding hydrogens is 364 g/mol. The third-order valence-corrected chi connectivity index (χ3v) is 4.67. The topological polar surface area (TPSA) is 60.7 Å². The molecule has 0 saturated heterocycles. The molecule has 2 aromatic heterocycles. The second kappa shape index (κ2) is 8.35. The Balaban J connectivity index is 1.72. The molecule has 2 heterocycles. The van der Waals surface area contributed by atoms with Gasteiger partial charge >= 0.3 is 5.97 Å². The second-order valence-corrected chi connectivity index (χ2v) is 7.25. The number of carbonyl (C=O) groups is 1. The van der Waals surface area contributed by atoms with Gasteiger partial charge in [-0.15, -0.1) is 0 Å². The van der Waals surface area contributed by atoms with Crippen LogP contribution in [0.2, 0.25) is 5.02 Å². The summed E-state index contributed by atoms with van der Waals surface area (Å²) >= 11 is 5.91. The van der Waals surface area contributed by atoms with E-state index in [-0.39, 0.29) is 30.0 Å². The fourth-order valence-electron chi connectivity index (χ4n) is 2.91. The number of aromatic nitrogens is 2. The van der Waals surface area contributed by atoms with Gasteiger partial charge < -0.3 is 4.74 Å². The normalized spacial score (nSPS) is 12.3. The Morgan fingerprint density at radius 2 is 1.93 bits per heavy atom. The highest BCUT2D eigenvalue weighted by molar-refractivity contribution is 6.30. The summed E-state index contributed by atoms with van der Waals surface area (Å²) in [5, 5.41) is 0.450. The molecule has 1 unspecified atom stereocenters. The summed E-state index contributed by atoms with van der Waals surface area (Å²) in [5.41, 5.74) is 1.70. The fourth-order valence-corrected chi connectivity index (χ4v) is 3.07. The van der Waals surface area contributed by atoms with E-state index in [4.69, 9.17) is 16.3 Å². The lowest BCUT2D eigenvalue weighted by atomic mass is 9.89. The van der Waals surface area contributed by atoms with Gasteiger partial charge in [-0.25, -0.2) is 4.98 Å². The largest absolute Gasteiger partial charge is 0.459 e. The molecule has 5 nitrogen and oxygen atoms in total. The molecule has 0 N–H and O–H groups in total. The number of esters is 1. The van der Waals surface area contributed by atoms with Crippen molar-refractivity contribution in [3.63, 3.8) is 0 Å². The van der Waals surface area contributed by atoms with Gasteiger partial charge in [0.25, 0.3) is 5.56 Å². The van der Waals surface area contributed by atoms with Crippen molar-refractivity contribution in [2.45, 2.75) is 26.9 Å². The van der Waals surface area contributed by atoms with E-state index in [0.29, 0.717) is 22.8 Å². The van der Waals surface area contributed by atoms with Gasteiger partial charge in [0.05, 0.1) is 16.6 Å². The molecule has 0 aliphatic heterocycles. The van der Waals surface area contributed by atoms with Crippen LogP contribution in [0.25, 0.3) is 5.65 Å². The average Bonchev–Trinajstić information content (AvgIpc) is 2.65. The maximum atomic E-state index is 12.6. The molecule has 0 radical (unpaired) electrons. The van der Waals surface area contributed by atoms with Crippen molar-refractivity contribution in [1.29, 1.82) is 0 Å². The first-order valence-corrected chi connectivity index (χ1v) is 9.20. The molecule has 27 heavy (non-hydrogen) atoms. The summed E-state index contributed by atoms with van der Waals surface area (Å²) < 4.78 is 6.84. The molecule has 6 heteroatoms. The van der Waals surface area contributed by atoms with E-state index in [2.05, 4.69) is 4.98 Å². The Hall–Kier alpha value is -2.66. The van der Waals surface area contributed by atoms with Gasteiger partial charge in [-0.3, -0.25) is 14.0 Å². The lowest BCUT2D eigenvalue weighted by molar-refractivity contribution is -0.151. The highest BCUT2D eigenvalue weighted by Gasteiger charge is 2.24. The van der Waals surface area contributed by atoms with Crippen LogP contribution < -0.4 is 5.56 Å². The zero-order chi connectivity index (χ0) is 19.4. The summed E-state index contributed by atoms with van der Waals surface area (Å²) in [4.78, 5) is 29.2. The lowest BCUT2D eigenvalue weighted by Crippen LogP contribution is -2.25.